The number of nitrogens with zero attached hydrogens (tertiary/aromatic N) is 2. The largest absolute Gasteiger partial charge is 0.494 e. The summed E-state index contributed by atoms with van der Waals surface area (Å²) in [5.41, 5.74) is 0. The summed E-state index contributed by atoms with van der Waals surface area (Å²) in [7, 11) is -3.66. The summed E-state index contributed by atoms with van der Waals surface area (Å²) < 4.78 is 51.2. The molecule has 0 N–H and O–H groups in total. The molecule has 0 bridgehead atoms. The maximum absolute atomic E-state index is 13.4. The second kappa shape index (κ2) is 9.36. The van der Waals surface area contributed by atoms with Gasteiger partial charge in [-0.15, -0.1) is 0 Å². The molecule has 3 rings (SSSR count). The quantitative estimate of drug-likeness (QED) is 0.672. The van der Waals surface area contributed by atoms with E-state index in [1.807, 2.05) is 31.2 Å². The van der Waals surface area contributed by atoms with E-state index >= 15 is 0 Å². The molecule has 1 fully saturated rings. The van der Waals surface area contributed by atoms with Crippen molar-refractivity contribution in [1.29, 1.82) is 0 Å². The molecule has 2 aromatic rings. The van der Waals surface area contributed by atoms with Crippen LogP contribution in [0, 0.1) is 5.82 Å². The fourth-order valence-corrected chi connectivity index (χ4v) is 4.52. The highest BCUT2D eigenvalue weighted by atomic mass is 32.2. The molecule has 1 heterocycles. The third kappa shape index (κ3) is 5.21. The minimum absolute atomic E-state index is 0.000201. The molecule has 1 saturated heterocycles. The summed E-state index contributed by atoms with van der Waals surface area (Å²) in [5.74, 6) is 1.03. The Morgan fingerprint density at radius 1 is 0.964 bits per heavy atom. The second-order valence-corrected chi connectivity index (χ2v) is 8.39. The van der Waals surface area contributed by atoms with Crippen LogP contribution < -0.4 is 9.47 Å². The zero-order chi connectivity index (χ0) is 20.0. The van der Waals surface area contributed by atoms with Crippen LogP contribution in [0.1, 0.15) is 6.92 Å². The Morgan fingerprint density at radius 2 is 1.61 bits per heavy atom. The molecule has 0 atom stereocenters. The highest BCUT2D eigenvalue weighted by molar-refractivity contribution is 7.89. The van der Waals surface area contributed by atoms with Crippen LogP contribution in [0.4, 0.5) is 4.39 Å². The van der Waals surface area contributed by atoms with Crippen molar-refractivity contribution in [2.45, 2.75) is 11.8 Å². The highest BCUT2D eigenvalue weighted by Gasteiger charge is 2.28. The molecule has 0 aliphatic carbocycles. The number of piperazine rings is 1. The average Bonchev–Trinajstić information content (AvgIpc) is 2.70. The molecular formula is C20H25FN2O4S. The van der Waals surface area contributed by atoms with Gasteiger partial charge in [-0.3, -0.25) is 4.90 Å². The summed E-state index contributed by atoms with van der Waals surface area (Å²) >= 11 is 0. The molecule has 0 saturated carbocycles. The fourth-order valence-electron chi connectivity index (χ4n) is 3.06. The van der Waals surface area contributed by atoms with Crippen molar-refractivity contribution in [1.82, 2.24) is 9.21 Å². The van der Waals surface area contributed by atoms with Gasteiger partial charge in [-0.25, -0.2) is 12.8 Å². The average molecular weight is 408 g/mol. The highest BCUT2D eigenvalue weighted by Crippen LogP contribution is 2.19. The first-order valence-electron chi connectivity index (χ1n) is 9.33. The number of hydrogen-bond donors (Lipinski definition) is 0. The van der Waals surface area contributed by atoms with Gasteiger partial charge in [0.1, 0.15) is 23.9 Å². The van der Waals surface area contributed by atoms with Crippen molar-refractivity contribution in [2.24, 2.45) is 0 Å². The summed E-state index contributed by atoms with van der Waals surface area (Å²) in [6, 6.07) is 12.6. The number of sulfonamides is 1. The van der Waals surface area contributed by atoms with Crippen LogP contribution in [0.3, 0.4) is 0 Å². The van der Waals surface area contributed by atoms with Gasteiger partial charge in [-0.1, -0.05) is 6.07 Å². The second-order valence-electron chi connectivity index (χ2n) is 6.46. The number of benzene rings is 2. The number of halogens is 1. The van der Waals surface area contributed by atoms with E-state index in [9.17, 15) is 12.8 Å². The standard InChI is InChI=1S/C20H25FN2O4S/c1-2-26-18-6-8-19(9-7-18)27-15-14-22-10-12-23(13-11-22)28(24,25)20-5-3-4-17(21)16-20/h3-9,16H,2,10-15H2,1H3. The Balaban J connectivity index is 1.45. The molecular weight excluding hydrogens is 383 g/mol. The van der Waals surface area contributed by atoms with E-state index in [4.69, 9.17) is 9.47 Å². The molecule has 0 unspecified atom stereocenters. The van der Waals surface area contributed by atoms with Gasteiger partial charge < -0.3 is 9.47 Å². The molecule has 1 aliphatic heterocycles. The zero-order valence-corrected chi connectivity index (χ0v) is 16.7. The minimum Gasteiger partial charge on any atom is -0.494 e. The van der Waals surface area contributed by atoms with Crippen LogP contribution in [0.2, 0.25) is 0 Å². The summed E-state index contributed by atoms with van der Waals surface area (Å²) in [6.45, 7) is 5.77. The maximum Gasteiger partial charge on any atom is 0.243 e. The first-order chi connectivity index (χ1) is 13.5. The third-order valence-corrected chi connectivity index (χ3v) is 6.47. The Hall–Kier alpha value is -2.16. The van der Waals surface area contributed by atoms with Crippen LogP contribution in [-0.4, -0.2) is 63.6 Å². The summed E-state index contributed by atoms with van der Waals surface area (Å²) in [6.07, 6.45) is 0. The van der Waals surface area contributed by atoms with Gasteiger partial charge in [-0.05, 0) is 49.4 Å². The zero-order valence-electron chi connectivity index (χ0n) is 15.9. The van der Waals surface area contributed by atoms with Crippen molar-refractivity contribution in [3.63, 3.8) is 0 Å². The van der Waals surface area contributed by atoms with Crippen LogP contribution >= 0.6 is 0 Å². The molecule has 6 nitrogen and oxygen atoms in total. The van der Waals surface area contributed by atoms with Crippen LogP contribution in [0.25, 0.3) is 0 Å². The number of hydrogen-bond acceptors (Lipinski definition) is 5. The monoisotopic (exact) mass is 408 g/mol. The predicted octanol–water partition coefficient (Wildman–Crippen LogP) is 2.61. The van der Waals surface area contributed by atoms with E-state index in [0.29, 0.717) is 45.9 Å². The van der Waals surface area contributed by atoms with Gasteiger partial charge >= 0.3 is 0 Å². The fraction of sp³-hybridized carbons (Fsp3) is 0.400. The van der Waals surface area contributed by atoms with Gasteiger partial charge in [0.2, 0.25) is 10.0 Å². The third-order valence-electron chi connectivity index (χ3n) is 4.58. The van der Waals surface area contributed by atoms with Crippen LogP contribution in [-0.2, 0) is 10.0 Å². The smallest absolute Gasteiger partial charge is 0.243 e. The molecule has 2 aromatic carbocycles. The van der Waals surface area contributed by atoms with Crippen molar-refractivity contribution in [3.8, 4) is 11.5 Å². The van der Waals surface area contributed by atoms with Crippen molar-refractivity contribution >= 4 is 10.0 Å². The van der Waals surface area contributed by atoms with E-state index in [0.717, 1.165) is 17.6 Å². The number of ether oxygens (including phenoxy) is 2. The first kappa shape index (κ1) is 20.6. The molecule has 8 heteroatoms. The summed E-state index contributed by atoms with van der Waals surface area (Å²) in [4.78, 5) is 2.16. The molecule has 28 heavy (non-hydrogen) atoms. The van der Waals surface area contributed by atoms with Crippen molar-refractivity contribution in [3.05, 3.63) is 54.3 Å². The normalized spacial score (nSPS) is 16.1. The van der Waals surface area contributed by atoms with E-state index in [-0.39, 0.29) is 4.90 Å². The Kier molecular flexibility index (Phi) is 6.88. The first-order valence-corrected chi connectivity index (χ1v) is 10.8. The van der Waals surface area contributed by atoms with Gasteiger partial charge in [0.25, 0.3) is 0 Å². The van der Waals surface area contributed by atoms with E-state index in [1.165, 1.54) is 22.5 Å². The SMILES string of the molecule is CCOc1ccc(OCCN2CCN(S(=O)(=O)c3cccc(F)c3)CC2)cc1. The van der Waals surface area contributed by atoms with Crippen molar-refractivity contribution < 1.29 is 22.3 Å². The van der Waals surface area contributed by atoms with Gasteiger partial charge in [0.15, 0.2) is 0 Å². The van der Waals surface area contributed by atoms with Crippen molar-refractivity contribution in [2.75, 3.05) is 45.9 Å². The molecule has 0 amide bonds. The van der Waals surface area contributed by atoms with Crippen LogP contribution in [0.5, 0.6) is 11.5 Å². The predicted molar refractivity (Wildman–Crippen MR) is 105 cm³/mol. The molecule has 0 aromatic heterocycles. The lowest BCUT2D eigenvalue weighted by molar-refractivity contribution is 0.159. The lowest BCUT2D eigenvalue weighted by Crippen LogP contribution is -2.49. The summed E-state index contributed by atoms with van der Waals surface area (Å²) in [5, 5.41) is 0. The Morgan fingerprint density at radius 3 is 2.21 bits per heavy atom. The minimum atomic E-state index is -3.66. The lowest BCUT2D eigenvalue weighted by Gasteiger charge is -2.33. The molecule has 0 spiro atoms. The molecule has 152 valence electrons. The maximum atomic E-state index is 13.4. The Labute approximate surface area is 165 Å². The van der Waals surface area contributed by atoms with Crippen LogP contribution in [0.15, 0.2) is 53.4 Å². The lowest BCUT2D eigenvalue weighted by atomic mass is 10.3. The van der Waals surface area contributed by atoms with E-state index in [2.05, 4.69) is 4.90 Å². The topological polar surface area (TPSA) is 59.1 Å². The van der Waals surface area contributed by atoms with Gasteiger partial charge in [0, 0.05) is 32.7 Å². The number of rotatable bonds is 8. The molecule has 0 radical (unpaired) electrons. The Bertz CT molecular complexity index is 866. The van der Waals surface area contributed by atoms with Gasteiger partial charge in [-0.2, -0.15) is 4.31 Å². The molecule has 1 aliphatic rings. The van der Waals surface area contributed by atoms with Gasteiger partial charge in [0.05, 0.1) is 11.5 Å². The van der Waals surface area contributed by atoms with E-state index < -0.39 is 15.8 Å². The van der Waals surface area contributed by atoms with E-state index in [1.54, 1.807) is 0 Å².